The van der Waals surface area contributed by atoms with Gasteiger partial charge in [-0.25, -0.2) is 8.42 Å². The van der Waals surface area contributed by atoms with E-state index in [4.69, 9.17) is 5.73 Å². The molecule has 0 saturated carbocycles. The predicted octanol–water partition coefficient (Wildman–Crippen LogP) is 1.23. The van der Waals surface area contributed by atoms with E-state index in [1.165, 1.54) is 11.4 Å². The van der Waals surface area contributed by atoms with Gasteiger partial charge >= 0.3 is 0 Å². The maximum absolute atomic E-state index is 11.4. The van der Waals surface area contributed by atoms with Crippen LogP contribution in [0.2, 0.25) is 0 Å². The fourth-order valence-electron chi connectivity index (χ4n) is 1.26. The summed E-state index contributed by atoms with van der Waals surface area (Å²) in [6.45, 7) is 2.01. The monoisotopic (exact) mass is 228 g/mol. The summed E-state index contributed by atoms with van der Waals surface area (Å²) in [5.74, 6) is 0. The summed E-state index contributed by atoms with van der Waals surface area (Å²) in [4.78, 5) is 0. The van der Waals surface area contributed by atoms with Gasteiger partial charge in [0, 0.05) is 7.05 Å². The highest BCUT2D eigenvalue weighted by molar-refractivity contribution is 7.92. The van der Waals surface area contributed by atoms with Crippen molar-refractivity contribution in [3.8, 4) is 0 Å². The molecule has 0 aliphatic heterocycles. The molecule has 0 bridgehead atoms. The van der Waals surface area contributed by atoms with Gasteiger partial charge in [-0.2, -0.15) is 0 Å². The van der Waals surface area contributed by atoms with Crippen molar-refractivity contribution in [3.05, 3.63) is 23.8 Å². The minimum Gasteiger partial charge on any atom is -0.397 e. The molecule has 0 amide bonds. The van der Waals surface area contributed by atoms with E-state index in [-0.39, 0.29) is 0 Å². The van der Waals surface area contributed by atoms with Crippen LogP contribution in [0.3, 0.4) is 0 Å². The Bertz CT molecular complexity index is 454. The average Bonchev–Trinajstić information content (AvgIpc) is 2.16. The van der Waals surface area contributed by atoms with Crippen LogP contribution < -0.4 is 10.0 Å². The molecule has 84 valence electrons. The summed E-state index contributed by atoms with van der Waals surface area (Å²) < 4.78 is 23.9. The molecule has 15 heavy (non-hydrogen) atoms. The van der Waals surface area contributed by atoms with Crippen molar-refractivity contribution in [2.45, 2.75) is 13.3 Å². The quantitative estimate of drug-likeness (QED) is 0.791. The second kappa shape index (κ2) is 4.10. The molecule has 2 N–H and O–H groups in total. The van der Waals surface area contributed by atoms with E-state index in [0.717, 1.165) is 18.2 Å². The Balaban J connectivity index is 3.24. The molecule has 1 aromatic rings. The number of nitrogens with zero attached hydrogens (tertiary/aromatic N) is 1. The Labute approximate surface area is 90.8 Å². The number of anilines is 2. The first-order valence-corrected chi connectivity index (χ1v) is 6.53. The third kappa shape index (κ3) is 2.62. The number of hydrogen-bond donors (Lipinski definition) is 1. The molecule has 0 saturated heterocycles. The lowest BCUT2D eigenvalue weighted by Crippen LogP contribution is -2.25. The van der Waals surface area contributed by atoms with Crippen molar-refractivity contribution >= 4 is 21.4 Å². The average molecular weight is 228 g/mol. The van der Waals surface area contributed by atoms with E-state index in [2.05, 4.69) is 0 Å². The second-order valence-electron chi connectivity index (χ2n) is 3.48. The van der Waals surface area contributed by atoms with Gasteiger partial charge in [-0.15, -0.1) is 0 Å². The number of sulfonamides is 1. The van der Waals surface area contributed by atoms with E-state index in [0.29, 0.717) is 11.4 Å². The number of rotatable bonds is 3. The SMILES string of the molecule is CCc1ccc(N)c(N(C)S(C)(=O)=O)c1. The predicted molar refractivity (Wildman–Crippen MR) is 63.5 cm³/mol. The highest BCUT2D eigenvalue weighted by Crippen LogP contribution is 2.25. The lowest BCUT2D eigenvalue weighted by Gasteiger charge is -2.19. The molecule has 0 radical (unpaired) electrons. The molecule has 1 aromatic carbocycles. The number of benzene rings is 1. The lowest BCUT2D eigenvalue weighted by atomic mass is 10.1. The molecule has 0 heterocycles. The van der Waals surface area contributed by atoms with E-state index in [1.807, 2.05) is 13.0 Å². The molecule has 4 nitrogen and oxygen atoms in total. The van der Waals surface area contributed by atoms with Gasteiger partial charge in [-0.05, 0) is 24.1 Å². The Morgan fingerprint density at radius 2 is 2.00 bits per heavy atom. The van der Waals surface area contributed by atoms with E-state index >= 15 is 0 Å². The normalized spacial score (nSPS) is 11.4. The van der Waals surface area contributed by atoms with E-state index in [1.54, 1.807) is 12.1 Å². The molecule has 5 heteroatoms. The maximum Gasteiger partial charge on any atom is 0.232 e. The van der Waals surface area contributed by atoms with Gasteiger partial charge in [-0.1, -0.05) is 13.0 Å². The summed E-state index contributed by atoms with van der Waals surface area (Å²) >= 11 is 0. The smallest absolute Gasteiger partial charge is 0.232 e. The Morgan fingerprint density at radius 1 is 1.40 bits per heavy atom. The van der Waals surface area contributed by atoms with E-state index < -0.39 is 10.0 Å². The zero-order chi connectivity index (χ0) is 11.6. The van der Waals surface area contributed by atoms with Crippen LogP contribution in [0.25, 0.3) is 0 Å². The van der Waals surface area contributed by atoms with Crippen molar-refractivity contribution in [1.29, 1.82) is 0 Å². The molecule has 0 fully saturated rings. The van der Waals surface area contributed by atoms with Crippen molar-refractivity contribution in [2.75, 3.05) is 23.3 Å². The van der Waals surface area contributed by atoms with Gasteiger partial charge < -0.3 is 5.73 Å². The van der Waals surface area contributed by atoms with Crippen LogP contribution in [0, 0.1) is 0 Å². The van der Waals surface area contributed by atoms with Crippen molar-refractivity contribution < 1.29 is 8.42 Å². The maximum atomic E-state index is 11.4. The lowest BCUT2D eigenvalue weighted by molar-refractivity contribution is 0.600. The fraction of sp³-hybridized carbons (Fsp3) is 0.400. The molecule has 0 spiro atoms. The van der Waals surface area contributed by atoms with Crippen LogP contribution >= 0.6 is 0 Å². The number of nitrogens with two attached hydrogens (primary N) is 1. The molecule has 0 aliphatic carbocycles. The number of aryl methyl sites for hydroxylation is 1. The largest absolute Gasteiger partial charge is 0.397 e. The van der Waals surface area contributed by atoms with Gasteiger partial charge in [0.1, 0.15) is 0 Å². The van der Waals surface area contributed by atoms with Gasteiger partial charge in [0.25, 0.3) is 0 Å². The van der Waals surface area contributed by atoms with Crippen molar-refractivity contribution in [3.63, 3.8) is 0 Å². The Hall–Kier alpha value is -1.23. The van der Waals surface area contributed by atoms with Crippen LogP contribution in [0.1, 0.15) is 12.5 Å². The van der Waals surface area contributed by atoms with Crippen LogP contribution in [0.15, 0.2) is 18.2 Å². The molecule has 0 aliphatic rings. The van der Waals surface area contributed by atoms with Crippen molar-refractivity contribution in [1.82, 2.24) is 0 Å². The molecule has 0 atom stereocenters. The zero-order valence-corrected chi connectivity index (χ0v) is 10.0. The highest BCUT2D eigenvalue weighted by atomic mass is 32.2. The highest BCUT2D eigenvalue weighted by Gasteiger charge is 2.14. The molecular weight excluding hydrogens is 212 g/mol. The summed E-state index contributed by atoms with van der Waals surface area (Å²) in [7, 11) is -1.75. The van der Waals surface area contributed by atoms with Gasteiger partial charge in [-0.3, -0.25) is 4.31 Å². The summed E-state index contributed by atoms with van der Waals surface area (Å²) in [5.41, 5.74) is 7.81. The molecule has 0 aromatic heterocycles. The standard InChI is InChI=1S/C10H16N2O2S/c1-4-8-5-6-9(11)10(7-8)12(2)15(3,13)14/h5-7H,4,11H2,1-3H3. The number of hydrogen-bond acceptors (Lipinski definition) is 3. The van der Waals surface area contributed by atoms with Crippen LogP contribution in [0.5, 0.6) is 0 Å². The van der Waals surface area contributed by atoms with Gasteiger partial charge in [0.05, 0.1) is 17.6 Å². The van der Waals surface area contributed by atoms with Crippen LogP contribution in [0.4, 0.5) is 11.4 Å². The van der Waals surface area contributed by atoms with Gasteiger partial charge in [0.2, 0.25) is 10.0 Å². The summed E-state index contributed by atoms with van der Waals surface area (Å²) in [6.07, 6.45) is 2.01. The van der Waals surface area contributed by atoms with Crippen LogP contribution in [-0.4, -0.2) is 21.7 Å². The third-order valence-electron chi connectivity index (χ3n) is 2.34. The minimum atomic E-state index is -3.25. The summed E-state index contributed by atoms with van der Waals surface area (Å²) in [5, 5.41) is 0. The second-order valence-corrected chi connectivity index (χ2v) is 5.49. The Kier molecular flexibility index (Phi) is 3.24. The van der Waals surface area contributed by atoms with E-state index in [9.17, 15) is 8.42 Å². The van der Waals surface area contributed by atoms with Crippen molar-refractivity contribution in [2.24, 2.45) is 0 Å². The third-order valence-corrected chi connectivity index (χ3v) is 3.53. The molecular formula is C10H16N2O2S. The first-order valence-electron chi connectivity index (χ1n) is 4.68. The molecule has 1 rings (SSSR count). The minimum absolute atomic E-state index is 0.472. The van der Waals surface area contributed by atoms with Gasteiger partial charge in [0.15, 0.2) is 0 Å². The van der Waals surface area contributed by atoms with Crippen LogP contribution in [-0.2, 0) is 16.4 Å². The number of nitrogen functional groups attached to an aromatic ring is 1. The molecule has 0 unspecified atom stereocenters. The summed E-state index contributed by atoms with van der Waals surface area (Å²) in [6, 6.07) is 5.43. The Morgan fingerprint density at radius 3 is 2.47 bits per heavy atom. The zero-order valence-electron chi connectivity index (χ0n) is 9.19. The first-order chi connectivity index (χ1) is 6.86. The fourth-order valence-corrected chi connectivity index (χ4v) is 1.78. The first kappa shape index (κ1) is 11.8. The topological polar surface area (TPSA) is 63.4 Å².